The molecule has 1 unspecified atom stereocenters. The number of halogens is 1. The number of rotatable bonds is 5. The van der Waals surface area contributed by atoms with E-state index in [1.165, 1.54) is 0 Å². The van der Waals surface area contributed by atoms with Gasteiger partial charge in [0.15, 0.2) is 0 Å². The van der Waals surface area contributed by atoms with E-state index >= 15 is 0 Å². The van der Waals surface area contributed by atoms with Crippen LogP contribution in [0.5, 0.6) is 0 Å². The zero-order valence-corrected chi connectivity index (χ0v) is 12.4. The molecule has 0 bridgehead atoms. The van der Waals surface area contributed by atoms with Gasteiger partial charge < -0.3 is 11.1 Å². The van der Waals surface area contributed by atoms with Gasteiger partial charge in [-0.1, -0.05) is 25.4 Å². The average molecular weight is 287 g/mol. The third kappa shape index (κ3) is 4.78. The summed E-state index contributed by atoms with van der Waals surface area (Å²) in [6.07, 6.45) is 0. The molecule has 1 aromatic rings. The molecule has 3 nitrogen and oxygen atoms in total. The van der Waals surface area contributed by atoms with Crippen LogP contribution in [0.25, 0.3) is 0 Å². The van der Waals surface area contributed by atoms with Gasteiger partial charge in [0.25, 0.3) is 0 Å². The molecule has 1 amide bonds. The van der Waals surface area contributed by atoms with Gasteiger partial charge in [-0.15, -0.1) is 11.8 Å². The monoisotopic (exact) mass is 286 g/mol. The zero-order valence-electron chi connectivity index (χ0n) is 10.9. The van der Waals surface area contributed by atoms with Gasteiger partial charge in [-0.2, -0.15) is 0 Å². The highest BCUT2D eigenvalue weighted by Crippen LogP contribution is 2.23. The van der Waals surface area contributed by atoms with Gasteiger partial charge in [-0.05, 0) is 36.8 Å². The van der Waals surface area contributed by atoms with Crippen LogP contribution in [0.1, 0.15) is 20.8 Å². The number of amides is 1. The van der Waals surface area contributed by atoms with Gasteiger partial charge in [0, 0.05) is 5.69 Å². The van der Waals surface area contributed by atoms with E-state index in [-0.39, 0.29) is 11.2 Å². The summed E-state index contributed by atoms with van der Waals surface area (Å²) in [6, 6.07) is 5.09. The first kappa shape index (κ1) is 15.2. The molecule has 0 saturated carbocycles. The number of nitrogen functional groups attached to an aromatic ring is 1. The summed E-state index contributed by atoms with van der Waals surface area (Å²) in [5.74, 6) is 1.54. The summed E-state index contributed by atoms with van der Waals surface area (Å²) < 4.78 is 0. The first-order chi connectivity index (χ1) is 8.40. The summed E-state index contributed by atoms with van der Waals surface area (Å²) in [7, 11) is 0. The molecule has 0 saturated heterocycles. The second-order valence-electron chi connectivity index (χ2n) is 4.59. The van der Waals surface area contributed by atoms with Gasteiger partial charge in [0.1, 0.15) is 0 Å². The molecule has 5 heteroatoms. The molecule has 3 N–H and O–H groups in total. The van der Waals surface area contributed by atoms with E-state index in [2.05, 4.69) is 19.2 Å². The van der Waals surface area contributed by atoms with Gasteiger partial charge >= 0.3 is 0 Å². The van der Waals surface area contributed by atoms with E-state index in [9.17, 15) is 4.79 Å². The van der Waals surface area contributed by atoms with E-state index in [1.807, 2.05) is 6.92 Å². The number of hydrogen-bond acceptors (Lipinski definition) is 3. The number of carbonyl (C=O) groups is 1. The Bertz CT molecular complexity index is 423. The normalized spacial score (nSPS) is 12.5. The maximum absolute atomic E-state index is 11.9. The Labute approximate surface area is 117 Å². The Morgan fingerprint density at radius 2 is 2.11 bits per heavy atom. The van der Waals surface area contributed by atoms with Crippen LogP contribution in [0.4, 0.5) is 11.4 Å². The minimum Gasteiger partial charge on any atom is -0.397 e. The highest BCUT2D eigenvalue weighted by Gasteiger charge is 2.14. The molecule has 0 heterocycles. The zero-order chi connectivity index (χ0) is 13.7. The molecule has 100 valence electrons. The summed E-state index contributed by atoms with van der Waals surface area (Å²) >= 11 is 7.47. The van der Waals surface area contributed by atoms with Gasteiger partial charge in [-0.25, -0.2) is 0 Å². The molecule has 0 spiro atoms. The van der Waals surface area contributed by atoms with E-state index in [4.69, 9.17) is 17.3 Å². The molecular formula is C13H19ClN2OS. The Hall–Kier alpha value is -0.870. The largest absolute Gasteiger partial charge is 0.397 e. The molecule has 0 aliphatic carbocycles. The van der Waals surface area contributed by atoms with Gasteiger partial charge in [-0.3, -0.25) is 4.79 Å². The summed E-state index contributed by atoms with van der Waals surface area (Å²) in [5.41, 5.74) is 6.83. The second kappa shape index (κ2) is 6.90. The summed E-state index contributed by atoms with van der Waals surface area (Å²) in [5, 5.41) is 3.25. The van der Waals surface area contributed by atoms with Crippen molar-refractivity contribution in [1.29, 1.82) is 0 Å². The van der Waals surface area contributed by atoms with E-state index < -0.39 is 0 Å². The molecule has 0 aliphatic rings. The topological polar surface area (TPSA) is 55.1 Å². The van der Waals surface area contributed by atoms with Crippen molar-refractivity contribution in [1.82, 2.24) is 0 Å². The van der Waals surface area contributed by atoms with Crippen molar-refractivity contribution in [2.75, 3.05) is 16.8 Å². The Balaban J connectivity index is 2.55. The number of nitrogens with two attached hydrogens (primary N) is 1. The lowest BCUT2D eigenvalue weighted by Crippen LogP contribution is -2.23. The highest BCUT2D eigenvalue weighted by molar-refractivity contribution is 8.00. The Morgan fingerprint density at radius 3 is 2.67 bits per heavy atom. The highest BCUT2D eigenvalue weighted by atomic mass is 35.5. The second-order valence-corrected chi connectivity index (χ2v) is 6.38. The summed E-state index contributed by atoms with van der Waals surface area (Å²) in [6.45, 7) is 6.18. The van der Waals surface area contributed by atoms with Crippen molar-refractivity contribution < 1.29 is 4.79 Å². The number of anilines is 2. The van der Waals surface area contributed by atoms with Gasteiger partial charge in [0.2, 0.25) is 5.91 Å². The number of benzene rings is 1. The lowest BCUT2D eigenvalue weighted by molar-refractivity contribution is -0.115. The van der Waals surface area contributed by atoms with Crippen LogP contribution in [0.15, 0.2) is 18.2 Å². The van der Waals surface area contributed by atoms with Crippen molar-refractivity contribution in [3.8, 4) is 0 Å². The molecule has 1 atom stereocenters. The smallest absolute Gasteiger partial charge is 0.237 e. The molecule has 0 radical (unpaired) electrons. The van der Waals surface area contributed by atoms with Crippen LogP contribution in [0, 0.1) is 5.92 Å². The number of nitrogens with one attached hydrogen (secondary N) is 1. The standard InChI is InChI=1S/C13H19ClN2OS/c1-8(2)7-18-9(3)13(17)16-10-4-5-11(14)12(15)6-10/h4-6,8-9H,7,15H2,1-3H3,(H,16,17). The third-order valence-corrected chi connectivity index (χ3v) is 4.23. The van der Waals surface area contributed by atoms with Gasteiger partial charge in [0.05, 0.1) is 16.0 Å². The predicted molar refractivity (Wildman–Crippen MR) is 81.3 cm³/mol. The maximum Gasteiger partial charge on any atom is 0.237 e. The van der Waals surface area contributed by atoms with Crippen molar-refractivity contribution in [2.24, 2.45) is 5.92 Å². The first-order valence-electron chi connectivity index (χ1n) is 5.87. The van der Waals surface area contributed by atoms with Crippen LogP contribution < -0.4 is 11.1 Å². The molecule has 0 fully saturated rings. The fraction of sp³-hybridized carbons (Fsp3) is 0.462. The van der Waals surface area contributed by atoms with Crippen LogP contribution in [0.3, 0.4) is 0 Å². The Kier molecular flexibility index (Phi) is 5.82. The predicted octanol–water partition coefficient (Wildman–Crippen LogP) is 3.64. The van der Waals surface area contributed by atoms with E-state index in [0.29, 0.717) is 22.3 Å². The molecular weight excluding hydrogens is 268 g/mol. The third-order valence-electron chi connectivity index (χ3n) is 2.31. The lowest BCUT2D eigenvalue weighted by atomic mass is 10.2. The van der Waals surface area contributed by atoms with Crippen LogP contribution in [0.2, 0.25) is 5.02 Å². The fourth-order valence-corrected chi connectivity index (χ4v) is 2.28. The average Bonchev–Trinajstić information content (AvgIpc) is 2.30. The van der Waals surface area contributed by atoms with Crippen LogP contribution in [-0.4, -0.2) is 16.9 Å². The summed E-state index contributed by atoms with van der Waals surface area (Å²) in [4.78, 5) is 11.9. The molecule has 1 rings (SSSR count). The van der Waals surface area contributed by atoms with E-state index in [0.717, 1.165) is 5.75 Å². The minimum absolute atomic E-state index is 0.0117. The first-order valence-corrected chi connectivity index (χ1v) is 7.30. The van der Waals surface area contributed by atoms with Crippen molar-refractivity contribution in [3.63, 3.8) is 0 Å². The molecule has 0 aliphatic heterocycles. The van der Waals surface area contributed by atoms with Crippen molar-refractivity contribution >= 4 is 40.6 Å². The molecule has 18 heavy (non-hydrogen) atoms. The molecule has 0 aromatic heterocycles. The van der Waals surface area contributed by atoms with Crippen LogP contribution >= 0.6 is 23.4 Å². The fourth-order valence-electron chi connectivity index (χ4n) is 1.28. The Morgan fingerprint density at radius 1 is 1.44 bits per heavy atom. The SMILES string of the molecule is CC(C)CSC(C)C(=O)Nc1ccc(Cl)c(N)c1. The minimum atomic E-state index is -0.0793. The maximum atomic E-state index is 11.9. The molecule has 1 aromatic carbocycles. The van der Waals surface area contributed by atoms with E-state index in [1.54, 1.807) is 30.0 Å². The number of thioether (sulfide) groups is 1. The number of hydrogen-bond donors (Lipinski definition) is 2. The van der Waals surface area contributed by atoms with Crippen molar-refractivity contribution in [2.45, 2.75) is 26.0 Å². The number of carbonyl (C=O) groups excluding carboxylic acids is 1. The quantitative estimate of drug-likeness (QED) is 0.813. The van der Waals surface area contributed by atoms with Crippen LogP contribution in [-0.2, 0) is 4.79 Å². The van der Waals surface area contributed by atoms with Crippen molar-refractivity contribution in [3.05, 3.63) is 23.2 Å². The lowest BCUT2D eigenvalue weighted by Gasteiger charge is -2.13.